The van der Waals surface area contributed by atoms with Gasteiger partial charge in [0.1, 0.15) is 5.82 Å². The van der Waals surface area contributed by atoms with Crippen LogP contribution in [-0.4, -0.2) is 5.78 Å². The second kappa shape index (κ2) is 5.40. The quantitative estimate of drug-likeness (QED) is 0.705. The molecule has 0 spiro atoms. The molecule has 1 aromatic carbocycles. The third-order valence-electron chi connectivity index (χ3n) is 3.90. The van der Waals surface area contributed by atoms with Crippen molar-refractivity contribution in [3.05, 3.63) is 34.1 Å². The number of Topliss-reactive ketones (excluding diaryl/α,β-unsaturated/α-hetero) is 1. The first kappa shape index (κ1) is 13.5. The third-order valence-corrected chi connectivity index (χ3v) is 4.21. The lowest BCUT2D eigenvalue weighted by molar-refractivity contribution is 0.0875. The number of rotatable bonds is 2. The number of hydrogen-bond acceptors (Lipinski definition) is 1. The fraction of sp³-hybridized carbons (Fsp3) is 0.533. The van der Waals surface area contributed by atoms with Gasteiger partial charge in [-0.25, -0.2) is 4.39 Å². The second-order valence-corrected chi connectivity index (χ2v) is 5.81. The molecule has 18 heavy (non-hydrogen) atoms. The van der Waals surface area contributed by atoms with E-state index in [0.717, 1.165) is 25.7 Å². The second-order valence-electron chi connectivity index (χ2n) is 5.40. The Morgan fingerprint density at radius 2 is 1.89 bits per heavy atom. The van der Waals surface area contributed by atoms with Crippen molar-refractivity contribution >= 4 is 17.4 Å². The Kier molecular flexibility index (Phi) is 4.06. The normalized spacial score (nSPS) is 24.0. The van der Waals surface area contributed by atoms with Crippen LogP contribution in [0.5, 0.6) is 0 Å². The highest BCUT2D eigenvalue weighted by Crippen LogP contribution is 2.32. The van der Waals surface area contributed by atoms with Gasteiger partial charge >= 0.3 is 0 Å². The fourth-order valence-corrected chi connectivity index (χ4v) is 2.83. The smallest absolute Gasteiger partial charge is 0.167 e. The molecule has 1 aromatic rings. The zero-order valence-corrected chi connectivity index (χ0v) is 11.6. The number of carbonyl (C=O) groups is 1. The van der Waals surface area contributed by atoms with Crippen LogP contribution in [0.15, 0.2) is 12.1 Å². The summed E-state index contributed by atoms with van der Waals surface area (Å²) in [6, 6.07) is 2.83. The molecule has 0 aromatic heterocycles. The van der Waals surface area contributed by atoms with Crippen LogP contribution < -0.4 is 0 Å². The molecule has 1 aliphatic rings. The predicted octanol–water partition coefficient (Wildman–Crippen LogP) is 4.80. The van der Waals surface area contributed by atoms with Crippen LogP contribution >= 0.6 is 11.6 Å². The lowest BCUT2D eigenvalue weighted by atomic mass is 9.79. The standard InChI is InChI=1S/C15H18ClFO/c1-9-3-5-11(6-4-9)15(18)12-7-10(2)14(17)8-13(12)16/h7-9,11H,3-6H2,1-2H3. The summed E-state index contributed by atoms with van der Waals surface area (Å²) in [4.78, 5) is 12.4. The summed E-state index contributed by atoms with van der Waals surface area (Å²) < 4.78 is 13.3. The number of carbonyl (C=O) groups excluding carboxylic acids is 1. The minimum absolute atomic E-state index is 0.0589. The Labute approximate surface area is 112 Å². The molecule has 1 saturated carbocycles. The molecule has 0 amide bonds. The molecule has 2 rings (SSSR count). The molecule has 98 valence electrons. The van der Waals surface area contributed by atoms with E-state index in [1.54, 1.807) is 13.0 Å². The van der Waals surface area contributed by atoms with Crippen molar-refractivity contribution in [3.63, 3.8) is 0 Å². The Bertz CT molecular complexity index is 462. The molecule has 0 heterocycles. The van der Waals surface area contributed by atoms with E-state index in [1.165, 1.54) is 6.07 Å². The maximum Gasteiger partial charge on any atom is 0.167 e. The van der Waals surface area contributed by atoms with Gasteiger partial charge in [-0.1, -0.05) is 31.4 Å². The Balaban J connectivity index is 2.21. The van der Waals surface area contributed by atoms with Crippen LogP contribution in [0.25, 0.3) is 0 Å². The van der Waals surface area contributed by atoms with Gasteiger partial charge in [-0.3, -0.25) is 4.79 Å². The Hall–Kier alpha value is -0.890. The third kappa shape index (κ3) is 2.74. The first-order valence-electron chi connectivity index (χ1n) is 6.49. The van der Waals surface area contributed by atoms with E-state index in [-0.39, 0.29) is 22.5 Å². The molecule has 0 radical (unpaired) electrons. The van der Waals surface area contributed by atoms with Crippen LogP contribution in [-0.2, 0) is 0 Å². The lowest BCUT2D eigenvalue weighted by Gasteiger charge is -2.25. The molecule has 0 N–H and O–H groups in total. The van der Waals surface area contributed by atoms with Gasteiger partial charge in [0.15, 0.2) is 5.78 Å². The molecule has 1 fully saturated rings. The summed E-state index contributed by atoms with van der Waals surface area (Å²) >= 11 is 5.98. The molecule has 1 nitrogen and oxygen atoms in total. The predicted molar refractivity (Wildman–Crippen MR) is 71.6 cm³/mol. The first-order chi connectivity index (χ1) is 8.49. The minimum Gasteiger partial charge on any atom is -0.294 e. The summed E-state index contributed by atoms with van der Waals surface area (Å²) in [6.45, 7) is 3.88. The summed E-state index contributed by atoms with van der Waals surface area (Å²) in [5, 5.41) is 0.238. The Morgan fingerprint density at radius 3 is 2.50 bits per heavy atom. The summed E-state index contributed by atoms with van der Waals surface area (Å²) in [6.07, 6.45) is 4.03. The van der Waals surface area contributed by atoms with E-state index >= 15 is 0 Å². The van der Waals surface area contributed by atoms with Crippen LogP contribution in [0.4, 0.5) is 4.39 Å². The lowest BCUT2D eigenvalue weighted by Crippen LogP contribution is -2.21. The van der Waals surface area contributed by atoms with Gasteiger partial charge in [-0.15, -0.1) is 0 Å². The molecular formula is C15H18ClFO. The van der Waals surface area contributed by atoms with E-state index in [1.807, 2.05) is 0 Å². The summed E-state index contributed by atoms with van der Waals surface area (Å²) in [7, 11) is 0. The van der Waals surface area contributed by atoms with Crippen molar-refractivity contribution < 1.29 is 9.18 Å². The van der Waals surface area contributed by atoms with Gasteiger partial charge in [0.2, 0.25) is 0 Å². The van der Waals surface area contributed by atoms with Gasteiger partial charge in [0.05, 0.1) is 5.02 Å². The van der Waals surface area contributed by atoms with Crippen molar-refractivity contribution in [3.8, 4) is 0 Å². The molecule has 0 saturated heterocycles. The first-order valence-corrected chi connectivity index (χ1v) is 6.86. The van der Waals surface area contributed by atoms with Gasteiger partial charge in [0.25, 0.3) is 0 Å². The topological polar surface area (TPSA) is 17.1 Å². The number of ketones is 1. The van der Waals surface area contributed by atoms with Gasteiger partial charge in [-0.2, -0.15) is 0 Å². The summed E-state index contributed by atoms with van der Waals surface area (Å²) in [5.74, 6) is 0.492. The number of hydrogen-bond donors (Lipinski definition) is 0. The zero-order chi connectivity index (χ0) is 13.3. The van der Waals surface area contributed by atoms with E-state index in [2.05, 4.69) is 6.92 Å². The number of benzene rings is 1. The molecule has 1 aliphatic carbocycles. The fourth-order valence-electron chi connectivity index (χ4n) is 2.59. The molecule has 0 bridgehead atoms. The highest BCUT2D eigenvalue weighted by Gasteiger charge is 2.26. The number of aryl methyl sites for hydroxylation is 1. The van der Waals surface area contributed by atoms with Gasteiger partial charge in [0, 0.05) is 11.5 Å². The van der Waals surface area contributed by atoms with Crippen LogP contribution in [0.2, 0.25) is 5.02 Å². The van der Waals surface area contributed by atoms with Crippen molar-refractivity contribution in [1.82, 2.24) is 0 Å². The van der Waals surface area contributed by atoms with Crippen molar-refractivity contribution in [2.45, 2.75) is 39.5 Å². The molecule has 0 atom stereocenters. The SMILES string of the molecule is Cc1cc(C(=O)C2CCC(C)CC2)c(Cl)cc1F. The monoisotopic (exact) mass is 268 g/mol. The highest BCUT2D eigenvalue weighted by atomic mass is 35.5. The molecule has 0 aliphatic heterocycles. The molecular weight excluding hydrogens is 251 g/mol. The maximum atomic E-state index is 13.3. The van der Waals surface area contributed by atoms with Crippen LogP contribution in [0.1, 0.15) is 48.5 Å². The van der Waals surface area contributed by atoms with Gasteiger partial charge < -0.3 is 0 Å². The van der Waals surface area contributed by atoms with E-state index in [9.17, 15) is 9.18 Å². The maximum absolute atomic E-state index is 13.3. The molecule has 3 heteroatoms. The van der Waals surface area contributed by atoms with E-state index in [0.29, 0.717) is 17.0 Å². The highest BCUT2D eigenvalue weighted by molar-refractivity contribution is 6.34. The minimum atomic E-state index is -0.353. The van der Waals surface area contributed by atoms with E-state index in [4.69, 9.17) is 11.6 Å². The summed E-state index contributed by atoms with van der Waals surface area (Å²) in [5.41, 5.74) is 0.960. The largest absolute Gasteiger partial charge is 0.294 e. The average Bonchev–Trinajstić information content (AvgIpc) is 2.34. The number of halogens is 2. The average molecular weight is 269 g/mol. The van der Waals surface area contributed by atoms with Crippen LogP contribution in [0.3, 0.4) is 0 Å². The van der Waals surface area contributed by atoms with Crippen molar-refractivity contribution in [2.24, 2.45) is 11.8 Å². The molecule has 0 unspecified atom stereocenters. The zero-order valence-electron chi connectivity index (χ0n) is 10.8. The van der Waals surface area contributed by atoms with E-state index < -0.39 is 0 Å². The van der Waals surface area contributed by atoms with Crippen molar-refractivity contribution in [2.75, 3.05) is 0 Å². The van der Waals surface area contributed by atoms with Gasteiger partial charge in [-0.05, 0) is 43.4 Å². The van der Waals surface area contributed by atoms with Crippen LogP contribution in [0, 0.1) is 24.6 Å². The Morgan fingerprint density at radius 1 is 1.28 bits per heavy atom. The van der Waals surface area contributed by atoms with Crippen molar-refractivity contribution in [1.29, 1.82) is 0 Å².